The van der Waals surface area contributed by atoms with E-state index in [0.29, 0.717) is 32.3 Å². The van der Waals surface area contributed by atoms with Gasteiger partial charge in [0.15, 0.2) is 0 Å². The Morgan fingerprint density at radius 2 is 1.26 bits per heavy atom. The van der Waals surface area contributed by atoms with Gasteiger partial charge in [0.25, 0.3) is 0 Å². The molecule has 2 fully saturated rings. The number of hydrogen-bond acceptors (Lipinski definition) is 10. The molecule has 0 aromatic carbocycles. The van der Waals surface area contributed by atoms with E-state index in [1.165, 1.54) is 38.5 Å². The molecule has 2 aliphatic carbocycles. The van der Waals surface area contributed by atoms with Gasteiger partial charge in [-0.05, 0) is 43.9 Å². The fraction of sp³-hybridized carbons (Fsp3) is 0.919. The molecule has 50 heavy (non-hydrogen) atoms. The first-order valence-electron chi connectivity index (χ1n) is 19.0. The number of aliphatic hydroxyl groups excluding tert-OH is 5. The van der Waals surface area contributed by atoms with Crippen molar-refractivity contribution in [2.24, 2.45) is 23.2 Å². The quantitative estimate of drug-likeness (QED) is 0.0713. The van der Waals surface area contributed by atoms with Gasteiger partial charge in [-0.25, -0.2) is 0 Å². The van der Waals surface area contributed by atoms with Crippen LogP contribution in [-0.2, 0) is 23.9 Å². The van der Waals surface area contributed by atoms with Crippen molar-refractivity contribution in [2.45, 2.75) is 179 Å². The molecule has 0 aromatic rings. The summed E-state index contributed by atoms with van der Waals surface area (Å²) in [6, 6.07) is 0. The molecule has 0 aromatic heterocycles. The first-order valence-corrected chi connectivity index (χ1v) is 19.0. The topological polar surface area (TPSA) is 223 Å². The van der Waals surface area contributed by atoms with E-state index in [-0.39, 0.29) is 24.8 Å². The minimum Gasteiger partial charge on any atom is -0.481 e. The standard InChI is InChI=1S/C37H67NO12/c1-5-6-7-8-9-10-11-12-13-16-19-49-26-21-25(36(47)48)33(32(43)29(26)40)50-27-20-24(28(39)31(42)30(27)41)34(44)38-18-15-14-17-23(35(45)46)22-37(2,3)4/h23-33,39-43H,5-22H2,1-4H3,(H,38,44)(H,45,46)(H,47,48)/t23-,24?,25+,26-,27-,28-,29+,30+,31+,32-,33-/m1/s1. The number of ether oxygens (including phenoxy) is 2. The highest BCUT2D eigenvalue weighted by molar-refractivity contribution is 5.79. The Hall–Kier alpha value is -1.87. The number of aliphatic carboxylic acids is 2. The monoisotopic (exact) mass is 717 g/mol. The molecule has 1 amide bonds. The van der Waals surface area contributed by atoms with E-state index in [9.17, 15) is 50.1 Å². The lowest BCUT2D eigenvalue weighted by Crippen LogP contribution is -2.62. The summed E-state index contributed by atoms with van der Waals surface area (Å²) in [6.45, 7) is 8.64. The van der Waals surface area contributed by atoms with Crippen molar-refractivity contribution in [1.82, 2.24) is 5.32 Å². The molecular formula is C37H67NO12. The maximum absolute atomic E-state index is 13.1. The zero-order valence-corrected chi connectivity index (χ0v) is 30.8. The number of carboxylic acid groups (broad SMARTS) is 2. The van der Waals surface area contributed by atoms with Crippen molar-refractivity contribution in [2.75, 3.05) is 13.2 Å². The molecule has 0 spiro atoms. The lowest BCUT2D eigenvalue weighted by molar-refractivity contribution is -0.237. The van der Waals surface area contributed by atoms with Gasteiger partial charge in [0, 0.05) is 13.2 Å². The van der Waals surface area contributed by atoms with Gasteiger partial charge in [-0.1, -0.05) is 91.9 Å². The smallest absolute Gasteiger partial charge is 0.309 e. The maximum atomic E-state index is 13.1. The van der Waals surface area contributed by atoms with Gasteiger partial charge < -0.3 is 50.5 Å². The van der Waals surface area contributed by atoms with Gasteiger partial charge in [-0.2, -0.15) is 0 Å². The van der Waals surface area contributed by atoms with E-state index in [1.807, 2.05) is 20.8 Å². The van der Waals surface area contributed by atoms with E-state index in [2.05, 4.69) is 12.2 Å². The lowest BCUT2D eigenvalue weighted by Gasteiger charge is -2.45. The number of carbonyl (C=O) groups excluding carboxylic acids is 1. The van der Waals surface area contributed by atoms with Crippen LogP contribution in [0, 0.1) is 23.2 Å². The van der Waals surface area contributed by atoms with Crippen molar-refractivity contribution in [1.29, 1.82) is 0 Å². The van der Waals surface area contributed by atoms with Crippen LogP contribution in [0.2, 0.25) is 0 Å². The molecule has 13 nitrogen and oxygen atoms in total. The van der Waals surface area contributed by atoms with Gasteiger partial charge in [0.1, 0.15) is 24.4 Å². The highest BCUT2D eigenvalue weighted by atomic mass is 16.5. The fourth-order valence-electron chi connectivity index (χ4n) is 7.28. The molecule has 2 rings (SSSR count). The van der Waals surface area contributed by atoms with Crippen LogP contribution in [0.25, 0.3) is 0 Å². The summed E-state index contributed by atoms with van der Waals surface area (Å²) in [6.07, 6.45) is 0.999. The molecule has 13 heteroatoms. The molecular weight excluding hydrogens is 650 g/mol. The SMILES string of the molecule is CCCCCCCCCCCCO[C@@H]1C[C@H](C(=O)O)[C@@H](O[C@@H]2CC(C(=O)NCCCC[C@H](CC(C)(C)C)C(=O)O)[C@@H](O)[C@H](O)[C@H]2O)[C@H](O)[C@H]1O. The molecule has 0 aliphatic heterocycles. The number of amides is 1. The lowest BCUT2D eigenvalue weighted by atomic mass is 9.78. The Kier molecular flexibility index (Phi) is 19.7. The van der Waals surface area contributed by atoms with Gasteiger partial charge in [0.2, 0.25) is 5.91 Å². The average molecular weight is 718 g/mol. The fourth-order valence-corrected chi connectivity index (χ4v) is 7.28. The number of hydrogen-bond donors (Lipinski definition) is 8. The van der Waals surface area contributed by atoms with E-state index in [0.717, 1.165) is 25.7 Å². The maximum Gasteiger partial charge on any atom is 0.309 e. The molecule has 292 valence electrons. The van der Waals surface area contributed by atoms with Crippen molar-refractivity contribution >= 4 is 17.8 Å². The first-order chi connectivity index (χ1) is 23.6. The van der Waals surface area contributed by atoms with Crippen LogP contribution >= 0.6 is 0 Å². The molecule has 11 atom stereocenters. The summed E-state index contributed by atoms with van der Waals surface area (Å²) < 4.78 is 11.7. The number of aliphatic hydroxyl groups is 5. The predicted octanol–water partition coefficient (Wildman–Crippen LogP) is 3.40. The van der Waals surface area contributed by atoms with Crippen LogP contribution < -0.4 is 5.32 Å². The average Bonchev–Trinajstić information content (AvgIpc) is 3.04. The molecule has 2 saturated carbocycles. The minimum absolute atomic E-state index is 0.143. The number of carbonyl (C=O) groups is 3. The van der Waals surface area contributed by atoms with Gasteiger partial charge in [-0.15, -0.1) is 0 Å². The zero-order chi connectivity index (χ0) is 37.4. The molecule has 2 aliphatic rings. The Morgan fingerprint density at radius 1 is 0.700 bits per heavy atom. The molecule has 0 radical (unpaired) electrons. The number of rotatable bonds is 23. The molecule has 0 bridgehead atoms. The highest BCUT2D eigenvalue weighted by Crippen LogP contribution is 2.36. The van der Waals surface area contributed by atoms with Crippen LogP contribution in [0.1, 0.15) is 130 Å². The van der Waals surface area contributed by atoms with Crippen LogP contribution in [0.15, 0.2) is 0 Å². The molecule has 0 heterocycles. The van der Waals surface area contributed by atoms with E-state index >= 15 is 0 Å². The van der Waals surface area contributed by atoms with E-state index in [4.69, 9.17) is 9.47 Å². The van der Waals surface area contributed by atoms with Crippen LogP contribution in [0.5, 0.6) is 0 Å². The van der Waals surface area contributed by atoms with Gasteiger partial charge in [0.05, 0.1) is 42.2 Å². The second kappa shape index (κ2) is 22.3. The van der Waals surface area contributed by atoms with Crippen molar-refractivity contribution in [3.63, 3.8) is 0 Å². The third kappa shape index (κ3) is 14.6. The summed E-state index contributed by atoms with van der Waals surface area (Å²) >= 11 is 0. The Balaban J connectivity index is 1.88. The second-order valence-corrected chi connectivity index (χ2v) is 15.8. The summed E-state index contributed by atoms with van der Waals surface area (Å²) in [4.78, 5) is 37.0. The number of nitrogens with one attached hydrogen (secondary N) is 1. The Morgan fingerprint density at radius 3 is 1.82 bits per heavy atom. The largest absolute Gasteiger partial charge is 0.481 e. The summed E-state index contributed by atoms with van der Waals surface area (Å²) in [7, 11) is 0. The van der Waals surface area contributed by atoms with Crippen molar-refractivity contribution < 1.29 is 59.6 Å². The van der Waals surface area contributed by atoms with Gasteiger partial charge >= 0.3 is 11.9 Å². The second-order valence-electron chi connectivity index (χ2n) is 15.8. The normalized spacial score (nSPS) is 30.9. The minimum atomic E-state index is -1.79. The van der Waals surface area contributed by atoms with Crippen LogP contribution in [-0.4, -0.2) is 116 Å². The summed E-state index contributed by atoms with van der Waals surface area (Å²) in [5.74, 6) is -5.78. The third-order valence-electron chi connectivity index (χ3n) is 10.2. The first kappa shape index (κ1) is 44.3. The van der Waals surface area contributed by atoms with E-state index < -0.39 is 84.4 Å². The predicted molar refractivity (Wildman–Crippen MR) is 186 cm³/mol. The Labute approximate surface area is 298 Å². The molecule has 1 unspecified atom stereocenters. The van der Waals surface area contributed by atoms with Crippen LogP contribution in [0.4, 0.5) is 0 Å². The summed E-state index contributed by atoms with van der Waals surface area (Å²) in [5.41, 5.74) is -0.143. The number of unbranched alkanes of at least 4 members (excludes halogenated alkanes) is 10. The van der Waals surface area contributed by atoms with Crippen LogP contribution in [0.3, 0.4) is 0 Å². The highest BCUT2D eigenvalue weighted by Gasteiger charge is 2.52. The Bertz CT molecular complexity index is 1010. The molecule has 0 saturated heterocycles. The zero-order valence-electron chi connectivity index (χ0n) is 30.8. The number of carboxylic acids is 2. The van der Waals surface area contributed by atoms with Gasteiger partial charge in [-0.3, -0.25) is 14.4 Å². The molecule has 8 N–H and O–H groups in total. The third-order valence-corrected chi connectivity index (χ3v) is 10.2. The van der Waals surface area contributed by atoms with E-state index in [1.54, 1.807) is 0 Å². The van der Waals surface area contributed by atoms with Crippen molar-refractivity contribution in [3.8, 4) is 0 Å². The van der Waals surface area contributed by atoms with Crippen molar-refractivity contribution in [3.05, 3.63) is 0 Å². The summed E-state index contributed by atoms with van der Waals surface area (Å²) in [5, 5.41) is 76.0.